The Morgan fingerprint density at radius 2 is 1.78 bits per heavy atom. The highest BCUT2D eigenvalue weighted by molar-refractivity contribution is 6.03. The van der Waals surface area contributed by atoms with Crippen LogP contribution in [0, 0.1) is 26.7 Å². The second-order valence-electron chi connectivity index (χ2n) is 6.21. The summed E-state index contributed by atoms with van der Waals surface area (Å²) in [5, 5.41) is 6.12. The minimum atomic E-state index is -0.222. The van der Waals surface area contributed by atoms with Crippen LogP contribution in [0.25, 0.3) is 0 Å². The Hall–Kier alpha value is -2.43. The number of aryl methyl sites for hydroxylation is 3. The number of para-hydroxylation sites is 1. The van der Waals surface area contributed by atoms with Crippen LogP contribution in [0.2, 0.25) is 0 Å². The van der Waals surface area contributed by atoms with Crippen LogP contribution in [0.1, 0.15) is 41.2 Å². The number of anilines is 2. The maximum atomic E-state index is 12.5. The third kappa shape index (κ3) is 4.52. The molecule has 1 aromatic carbocycles. The molecule has 122 valence electrons. The first-order valence-corrected chi connectivity index (χ1v) is 7.84. The summed E-state index contributed by atoms with van der Waals surface area (Å²) in [5.41, 5.74) is 4.03. The summed E-state index contributed by atoms with van der Waals surface area (Å²) in [4.78, 5) is 21.2. The van der Waals surface area contributed by atoms with Crippen molar-refractivity contribution in [1.29, 1.82) is 0 Å². The van der Waals surface area contributed by atoms with Crippen molar-refractivity contribution in [3.63, 3.8) is 0 Å². The van der Waals surface area contributed by atoms with Crippen molar-refractivity contribution in [1.82, 2.24) is 9.97 Å². The number of nitrogens with zero attached hydrogens (tertiary/aromatic N) is 2. The summed E-state index contributed by atoms with van der Waals surface area (Å²) in [6, 6.07) is 7.62. The predicted molar refractivity (Wildman–Crippen MR) is 94.0 cm³/mol. The van der Waals surface area contributed by atoms with Crippen LogP contribution in [-0.4, -0.2) is 22.4 Å². The number of amides is 1. The highest BCUT2D eigenvalue weighted by Crippen LogP contribution is 2.20. The second-order valence-corrected chi connectivity index (χ2v) is 6.21. The molecule has 0 radical (unpaired) electrons. The summed E-state index contributed by atoms with van der Waals surface area (Å²) < 4.78 is 0. The minimum absolute atomic E-state index is 0.222. The first-order chi connectivity index (χ1) is 10.9. The van der Waals surface area contributed by atoms with Crippen molar-refractivity contribution in [2.45, 2.75) is 34.6 Å². The lowest BCUT2D eigenvalue weighted by Gasteiger charge is -2.12. The van der Waals surface area contributed by atoms with E-state index >= 15 is 0 Å². The quantitative estimate of drug-likeness (QED) is 0.883. The molecule has 0 saturated heterocycles. The number of carbonyl (C=O) groups excluding carboxylic acids is 1. The molecule has 0 aliphatic rings. The lowest BCUT2D eigenvalue weighted by Crippen LogP contribution is -2.18. The SMILES string of the molecule is Cc1cc(C(=O)Nc2c(C)cccc2C)nc(NCC(C)C)n1. The van der Waals surface area contributed by atoms with Crippen molar-refractivity contribution >= 4 is 17.5 Å². The first kappa shape index (κ1) is 16.9. The van der Waals surface area contributed by atoms with Crippen LogP contribution in [0.15, 0.2) is 24.3 Å². The van der Waals surface area contributed by atoms with Gasteiger partial charge < -0.3 is 10.6 Å². The molecule has 0 aliphatic heterocycles. The lowest BCUT2D eigenvalue weighted by atomic mass is 10.1. The van der Waals surface area contributed by atoms with Crippen LogP contribution < -0.4 is 10.6 Å². The molecule has 0 atom stereocenters. The van der Waals surface area contributed by atoms with Crippen molar-refractivity contribution in [2.75, 3.05) is 17.2 Å². The highest BCUT2D eigenvalue weighted by atomic mass is 16.1. The summed E-state index contributed by atoms with van der Waals surface area (Å²) >= 11 is 0. The molecule has 1 heterocycles. The van der Waals surface area contributed by atoms with E-state index in [1.54, 1.807) is 6.07 Å². The average Bonchev–Trinajstić information content (AvgIpc) is 2.48. The van der Waals surface area contributed by atoms with E-state index in [1.165, 1.54) is 0 Å². The average molecular weight is 312 g/mol. The van der Waals surface area contributed by atoms with Crippen LogP contribution in [-0.2, 0) is 0 Å². The van der Waals surface area contributed by atoms with Gasteiger partial charge in [0.1, 0.15) is 5.69 Å². The number of carbonyl (C=O) groups is 1. The number of nitrogens with one attached hydrogen (secondary N) is 2. The molecule has 2 rings (SSSR count). The molecule has 0 aliphatic carbocycles. The molecule has 23 heavy (non-hydrogen) atoms. The van der Waals surface area contributed by atoms with Gasteiger partial charge in [-0.3, -0.25) is 4.79 Å². The van der Waals surface area contributed by atoms with E-state index in [9.17, 15) is 4.79 Å². The number of hydrogen-bond donors (Lipinski definition) is 2. The molecule has 5 heteroatoms. The topological polar surface area (TPSA) is 66.9 Å². The zero-order valence-corrected chi connectivity index (χ0v) is 14.4. The van der Waals surface area contributed by atoms with Crippen molar-refractivity contribution < 1.29 is 4.79 Å². The summed E-state index contributed by atoms with van der Waals surface area (Å²) in [7, 11) is 0. The molecule has 0 saturated carbocycles. The van der Waals surface area contributed by atoms with Gasteiger partial charge in [-0.15, -0.1) is 0 Å². The maximum Gasteiger partial charge on any atom is 0.274 e. The van der Waals surface area contributed by atoms with E-state index in [0.29, 0.717) is 17.6 Å². The zero-order valence-electron chi connectivity index (χ0n) is 14.4. The highest BCUT2D eigenvalue weighted by Gasteiger charge is 2.13. The standard InChI is InChI=1S/C18H24N4O/c1-11(2)10-19-18-20-14(5)9-15(21-18)17(23)22-16-12(3)7-6-8-13(16)4/h6-9,11H,10H2,1-5H3,(H,22,23)(H,19,20,21). The fourth-order valence-corrected chi connectivity index (χ4v) is 2.25. The molecular weight excluding hydrogens is 288 g/mol. The van der Waals surface area contributed by atoms with Gasteiger partial charge in [0.05, 0.1) is 0 Å². The summed E-state index contributed by atoms with van der Waals surface area (Å²) in [5.74, 6) is 0.747. The van der Waals surface area contributed by atoms with Gasteiger partial charge in [-0.25, -0.2) is 9.97 Å². The molecule has 0 spiro atoms. The maximum absolute atomic E-state index is 12.5. The molecule has 5 nitrogen and oxygen atoms in total. The number of hydrogen-bond acceptors (Lipinski definition) is 4. The molecule has 0 unspecified atom stereocenters. The number of aromatic nitrogens is 2. The molecule has 1 aromatic heterocycles. The first-order valence-electron chi connectivity index (χ1n) is 7.84. The van der Waals surface area contributed by atoms with Crippen LogP contribution in [0.3, 0.4) is 0 Å². The Kier molecular flexibility index (Phi) is 5.32. The van der Waals surface area contributed by atoms with Gasteiger partial charge in [-0.05, 0) is 43.9 Å². The van der Waals surface area contributed by atoms with Gasteiger partial charge >= 0.3 is 0 Å². The second kappa shape index (κ2) is 7.22. The molecule has 0 bridgehead atoms. The summed E-state index contributed by atoms with van der Waals surface area (Å²) in [6.07, 6.45) is 0. The minimum Gasteiger partial charge on any atom is -0.354 e. The fraction of sp³-hybridized carbons (Fsp3) is 0.389. The fourth-order valence-electron chi connectivity index (χ4n) is 2.25. The zero-order chi connectivity index (χ0) is 17.0. The largest absolute Gasteiger partial charge is 0.354 e. The third-order valence-electron chi connectivity index (χ3n) is 3.47. The van der Waals surface area contributed by atoms with Gasteiger partial charge in [0, 0.05) is 17.9 Å². The van der Waals surface area contributed by atoms with Crippen molar-refractivity contribution in [3.05, 3.63) is 46.8 Å². The Labute approximate surface area is 137 Å². The number of benzene rings is 1. The van der Waals surface area contributed by atoms with E-state index in [0.717, 1.165) is 29.1 Å². The molecule has 2 N–H and O–H groups in total. The smallest absolute Gasteiger partial charge is 0.274 e. The van der Waals surface area contributed by atoms with Crippen LogP contribution in [0.4, 0.5) is 11.6 Å². The monoisotopic (exact) mass is 312 g/mol. The Balaban J connectivity index is 2.22. The third-order valence-corrected chi connectivity index (χ3v) is 3.47. The Morgan fingerprint density at radius 3 is 2.39 bits per heavy atom. The van der Waals surface area contributed by atoms with E-state index in [1.807, 2.05) is 39.0 Å². The van der Waals surface area contributed by atoms with E-state index in [4.69, 9.17) is 0 Å². The number of rotatable bonds is 5. The Bertz CT molecular complexity index is 690. The van der Waals surface area contributed by atoms with Gasteiger partial charge in [0.25, 0.3) is 5.91 Å². The molecule has 1 amide bonds. The van der Waals surface area contributed by atoms with Crippen molar-refractivity contribution in [2.24, 2.45) is 5.92 Å². The Morgan fingerprint density at radius 1 is 1.13 bits per heavy atom. The normalized spacial score (nSPS) is 10.7. The van der Waals surface area contributed by atoms with Crippen LogP contribution in [0.5, 0.6) is 0 Å². The predicted octanol–water partition coefficient (Wildman–Crippen LogP) is 3.72. The molecule has 2 aromatic rings. The van der Waals surface area contributed by atoms with E-state index in [2.05, 4.69) is 34.4 Å². The van der Waals surface area contributed by atoms with E-state index < -0.39 is 0 Å². The van der Waals surface area contributed by atoms with Gasteiger partial charge in [0.2, 0.25) is 5.95 Å². The summed E-state index contributed by atoms with van der Waals surface area (Å²) in [6.45, 7) is 10.8. The molecule has 0 fully saturated rings. The van der Waals surface area contributed by atoms with Gasteiger partial charge in [-0.2, -0.15) is 0 Å². The lowest BCUT2D eigenvalue weighted by molar-refractivity contribution is 0.102. The van der Waals surface area contributed by atoms with Crippen LogP contribution >= 0.6 is 0 Å². The van der Waals surface area contributed by atoms with Gasteiger partial charge in [-0.1, -0.05) is 32.0 Å². The molecular formula is C18H24N4O. The van der Waals surface area contributed by atoms with Crippen molar-refractivity contribution in [3.8, 4) is 0 Å². The van der Waals surface area contributed by atoms with Gasteiger partial charge in [0.15, 0.2) is 0 Å². The van der Waals surface area contributed by atoms with E-state index in [-0.39, 0.29) is 5.91 Å².